The minimum atomic E-state index is -0.974. The minimum Gasteiger partial charge on any atom is -0.350 e. The van der Waals surface area contributed by atoms with E-state index in [9.17, 15) is 19.6 Å². The van der Waals surface area contributed by atoms with E-state index in [4.69, 9.17) is 0 Å². The predicted octanol–water partition coefficient (Wildman–Crippen LogP) is 4.77. The van der Waals surface area contributed by atoms with Crippen LogP contribution in [0.5, 0.6) is 0 Å². The molecule has 0 rings (SSSR count). The summed E-state index contributed by atoms with van der Waals surface area (Å²) in [7, 11) is 0. The van der Waals surface area contributed by atoms with Crippen LogP contribution in [0, 0.1) is 5.41 Å². The van der Waals surface area contributed by atoms with E-state index in [-0.39, 0.29) is 11.0 Å². The molecular weight excluding hydrogens is 370 g/mol. The predicted molar refractivity (Wildman–Crippen MR) is 116 cm³/mol. The lowest BCUT2D eigenvalue weighted by atomic mass is 9.85. The largest absolute Gasteiger partial charge is 0.350 e. The number of nitrogens with zero attached hydrogens (tertiary/aromatic N) is 1. The van der Waals surface area contributed by atoms with Crippen molar-refractivity contribution < 1.29 is 19.6 Å². The fourth-order valence-electron chi connectivity index (χ4n) is 3.03. The molecule has 170 valence electrons. The fourth-order valence-corrected chi connectivity index (χ4v) is 3.03. The van der Waals surface area contributed by atoms with Crippen LogP contribution in [0.1, 0.15) is 106 Å². The Hall–Kier alpha value is -1.63. The first-order valence-corrected chi connectivity index (χ1v) is 11.0. The smallest absolute Gasteiger partial charge is 0.349 e. The number of nitrogens with one attached hydrogen (secondary N) is 2. The molecule has 0 spiro atoms. The van der Waals surface area contributed by atoms with Crippen molar-refractivity contribution in [3.05, 3.63) is 0 Å². The van der Waals surface area contributed by atoms with E-state index in [0.717, 1.165) is 19.3 Å². The summed E-state index contributed by atoms with van der Waals surface area (Å²) in [4.78, 5) is 37.2. The third-order valence-electron chi connectivity index (χ3n) is 4.89. The van der Waals surface area contributed by atoms with E-state index < -0.39 is 28.9 Å². The lowest BCUT2D eigenvalue weighted by Gasteiger charge is -2.29. The highest BCUT2D eigenvalue weighted by molar-refractivity contribution is 5.97. The van der Waals surface area contributed by atoms with Crippen molar-refractivity contribution in [2.45, 2.75) is 118 Å². The molecule has 4 amide bonds. The molecule has 0 aliphatic heterocycles. The van der Waals surface area contributed by atoms with Crippen molar-refractivity contribution in [2.24, 2.45) is 5.41 Å². The number of unbranched alkanes of at least 4 members (excludes halogenated alkanes) is 6. The van der Waals surface area contributed by atoms with Crippen molar-refractivity contribution in [1.82, 2.24) is 15.7 Å². The normalized spacial score (nSPS) is 13.0. The number of imide groups is 1. The van der Waals surface area contributed by atoms with Crippen LogP contribution in [0.2, 0.25) is 0 Å². The molecule has 0 radical (unpaired) electrons. The van der Waals surface area contributed by atoms with Crippen LogP contribution in [-0.2, 0) is 9.59 Å². The summed E-state index contributed by atoms with van der Waals surface area (Å²) in [6.45, 7) is 12.9. The van der Waals surface area contributed by atoms with Gasteiger partial charge in [-0.25, -0.2) is 4.79 Å². The maximum Gasteiger partial charge on any atom is 0.349 e. The standard InChI is InChI=1S/C22H43N3O4/c1-8-10-11-12-13-14-15-16-22(6,7)19(27)25(29)20(28)23-17(9-2)18(26)24-21(3,4)5/h17,29H,8-16H2,1-7H3,(H,23,28)(H,24,26). The number of amides is 4. The number of hydrogen-bond donors (Lipinski definition) is 3. The zero-order valence-corrected chi connectivity index (χ0v) is 19.6. The third kappa shape index (κ3) is 11.2. The molecule has 0 aromatic carbocycles. The Kier molecular flexibility index (Phi) is 12.1. The van der Waals surface area contributed by atoms with Gasteiger partial charge in [0.05, 0.1) is 0 Å². The molecule has 0 heterocycles. The van der Waals surface area contributed by atoms with Gasteiger partial charge in [-0.1, -0.05) is 72.6 Å². The van der Waals surface area contributed by atoms with E-state index in [1.165, 1.54) is 25.7 Å². The molecule has 0 aliphatic carbocycles. The molecule has 7 nitrogen and oxygen atoms in total. The minimum absolute atomic E-state index is 0.119. The highest BCUT2D eigenvalue weighted by Crippen LogP contribution is 2.26. The Labute approximate surface area is 176 Å². The highest BCUT2D eigenvalue weighted by atomic mass is 16.5. The number of hydroxylamine groups is 2. The van der Waals surface area contributed by atoms with Crippen molar-refractivity contribution in [1.29, 1.82) is 0 Å². The second-order valence-electron chi connectivity index (χ2n) is 9.52. The Morgan fingerprint density at radius 3 is 1.90 bits per heavy atom. The van der Waals surface area contributed by atoms with Gasteiger partial charge in [0, 0.05) is 11.0 Å². The van der Waals surface area contributed by atoms with E-state index in [1.807, 2.05) is 20.8 Å². The molecule has 7 heteroatoms. The number of carbonyl (C=O) groups excluding carboxylic acids is 3. The van der Waals surface area contributed by atoms with Crippen LogP contribution in [0.25, 0.3) is 0 Å². The van der Waals surface area contributed by atoms with E-state index in [1.54, 1.807) is 20.8 Å². The fraction of sp³-hybridized carbons (Fsp3) is 0.864. The first kappa shape index (κ1) is 27.4. The Morgan fingerprint density at radius 2 is 1.41 bits per heavy atom. The van der Waals surface area contributed by atoms with Crippen molar-refractivity contribution in [3.63, 3.8) is 0 Å². The summed E-state index contributed by atoms with van der Waals surface area (Å²) in [6, 6.07) is -1.80. The lowest BCUT2D eigenvalue weighted by Crippen LogP contribution is -2.55. The van der Waals surface area contributed by atoms with Gasteiger partial charge in [0.15, 0.2) is 0 Å². The second kappa shape index (κ2) is 12.8. The summed E-state index contributed by atoms with van der Waals surface area (Å²) in [6.07, 6.45) is 8.88. The molecular formula is C22H43N3O4. The summed E-state index contributed by atoms with van der Waals surface area (Å²) in [5.74, 6) is -1.01. The van der Waals surface area contributed by atoms with Crippen LogP contribution >= 0.6 is 0 Å². The molecule has 0 aliphatic rings. The van der Waals surface area contributed by atoms with Crippen molar-refractivity contribution in [3.8, 4) is 0 Å². The SMILES string of the molecule is CCCCCCCCCC(C)(C)C(=O)N(O)C(=O)NC(CC)C(=O)NC(C)(C)C. The first-order chi connectivity index (χ1) is 13.4. The van der Waals surface area contributed by atoms with Crippen LogP contribution in [-0.4, -0.2) is 39.7 Å². The van der Waals surface area contributed by atoms with E-state index in [0.29, 0.717) is 12.8 Å². The molecule has 3 N–H and O–H groups in total. The third-order valence-corrected chi connectivity index (χ3v) is 4.89. The Morgan fingerprint density at radius 1 is 0.897 bits per heavy atom. The van der Waals surface area contributed by atoms with E-state index >= 15 is 0 Å². The number of hydrogen-bond acceptors (Lipinski definition) is 4. The highest BCUT2D eigenvalue weighted by Gasteiger charge is 2.35. The van der Waals surface area contributed by atoms with Gasteiger partial charge < -0.3 is 10.6 Å². The molecule has 0 aromatic rings. The quantitative estimate of drug-likeness (QED) is 0.244. The van der Waals surface area contributed by atoms with Gasteiger partial charge in [0.1, 0.15) is 6.04 Å². The topological polar surface area (TPSA) is 98.7 Å². The second-order valence-corrected chi connectivity index (χ2v) is 9.52. The van der Waals surface area contributed by atoms with Crippen LogP contribution in [0.15, 0.2) is 0 Å². The number of carbonyl (C=O) groups is 3. The van der Waals surface area contributed by atoms with Crippen molar-refractivity contribution in [2.75, 3.05) is 0 Å². The molecule has 1 unspecified atom stereocenters. The van der Waals surface area contributed by atoms with Gasteiger partial charge in [-0.3, -0.25) is 14.8 Å². The zero-order chi connectivity index (χ0) is 22.7. The molecule has 0 saturated carbocycles. The van der Waals surface area contributed by atoms with Crippen LogP contribution in [0.3, 0.4) is 0 Å². The lowest BCUT2D eigenvalue weighted by molar-refractivity contribution is -0.163. The Bertz CT molecular complexity index is 527. The van der Waals surface area contributed by atoms with Gasteiger partial charge in [-0.2, -0.15) is 0 Å². The van der Waals surface area contributed by atoms with Gasteiger partial charge in [-0.15, -0.1) is 5.06 Å². The summed E-state index contributed by atoms with van der Waals surface area (Å²) < 4.78 is 0. The number of urea groups is 1. The van der Waals surface area contributed by atoms with Gasteiger partial charge in [-0.05, 0) is 33.6 Å². The van der Waals surface area contributed by atoms with E-state index in [2.05, 4.69) is 17.6 Å². The maximum atomic E-state index is 12.6. The summed E-state index contributed by atoms with van der Waals surface area (Å²) >= 11 is 0. The maximum absolute atomic E-state index is 12.6. The molecule has 0 fully saturated rings. The molecule has 0 aromatic heterocycles. The first-order valence-electron chi connectivity index (χ1n) is 11.0. The number of rotatable bonds is 12. The summed E-state index contributed by atoms with van der Waals surface area (Å²) in [5, 5.41) is 15.5. The van der Waals surface area contributed by atoms with Crippen LogP contribution < -0.4 is 10.6 Å². The average Bonchev–Trinajstić information content (AvgIpc) is 2.62. The average molecular weight is 414 g/mol. The van der Waals surface area contributed by atoms with Gasteiger partial charge >= 0.3 is 6.03 Å². The molecule has 0 bridgehead atoms. The Balaban J connectivity index is 4.61. The van der Waals surface area contributed by atoms with Gasteiger partial charge in [0.2, 0.25) is 5.91 Å². The monoisotopic (exact) mass is 413 g/mol. The van der Waals surface area contributed by atoms with Gasteiger partial charge in [0.25, 0.3) is 5.91 Å². The zero-order valence-electron chi connectivity index (χ0n) is 19.6. The summed E-state index contributed by atoms with van der Waals surface area (Å²) in [5.41, 5.74) is -1.30. The van der Waals surface area contributed by atoms with Crippen molar-refractivity contribution >= 4 is 17.8 Å². The van der Waals surface area contributed by atoms with Crippen LogP contribution in [0.4, 0.5) is 4.79 Å². The molecule has 29 heavy (non-hydrogen) atoms. The molecule has 0 saturated heterocycles. The molecule has 1 atom stereocenters.